The van der Waals surface area contributed by atoms with Crippen LogP contribution in [0.3, 0.4) is 0 Å². The number of phenolic OH excluding ortho intramolecular Hbond substituents is 1. The first-order valence-electron chi connectivity index (χ1n) is 10.0. The average molecular weight is 411 g/mol. The molecule has 0 fully saturated rings. The van der Waals surface area contributed by atoms with Crippen LogP contribution in [0.15, 0.2) is 78.9 Å². The number of carbonyl (C=O) groups is 1. The number of benzene rings is 3. The second-order valence-corrected chi connectivity index (χ2v) is 7.54. The molecular weight excluding hydrogens is 390 g/mol. The summed E-state index contributed by atoms with van der Waals surface area (Å²) in [7, 11) is 1.77. The van der Waals surface area contributed by atoms with Crippen LogP contribution in [-0.4, -0.2) is 33.2 Å². The van der Waals surface area contributed by atoms with Gasteiger partial charge in [0, 0.05) is 18.2 Å². The highest BCUT2D eigenvalue weighted by molar-refractivity contribution is 6.00. The van der Waals surface area contributed by atoms with Gasteiger partial charge in [-0.3, -0.25) is 9.89 Å². The number of amides is 1. The van der Waals surface area contributed by atoms with Crippen molar-refractivity contribution in [1.29, 1.82) is 0 Å². The van der Waals surface area contributed by atoms with Crippen LogP contribution in [0.2, 0.25) is 0 Å². The van der Waals surface area contributed by atoms with Gasteiger partial charge in [0.15, 0.2) is 0 Å². The molecule has 3 aromatic carbocycles. The molecule has 1 aromatic heterocycles. The van der Waals surface area contributed by atoms with Crippen molar-refractivity contribution >= 4 is 5.91 Å². The van der Waals surface area contributed by atoms with Gasteiger partial charge in [0.25, 0.3) is 5.91 Å². The van der Waals surface area contributed by atoms with Crippen molar-refractivity contribution in [2.24, 2.45) is 0 Å². The summed E-state index contributed by atoms with van der Waals surface area (Å²) in [5, 5.41) is 17.6. The summed E-state index contributed by atoms with van der Waals surface area (Å²) >= 11 is 0. The fraction of sp³-hybridized carbons (Fsp3) is 0.120. The number of phenols is 1. The lowest BCUT2D eigenvalue weighted by molar-refractivity contribution is 0.0787. The Kier molecular flexibility index (Phi) is 4.67. The largest absolute Gasteiger partial charge is 0.507 e. The van der Waals surface area contributed by atoms with E-state index in [2.05, 4.69) is 10.2 Å². The Morgan fingerprint density at radius 3 is 2.61 bits per heavy atom. The van der Waals surface area contributed by atoms with Gasteiger partial charge >= 0.3 is 0 Å². The van der Waals surface area contributed by atoms with Crippen LogP contribution in [0.4, 0.5) is 0 Å². The SMILES string of the molecule is CN1C(=O)c2[nH]nc(-c3ccccc3O)c2[C@H]1c1cccc(OCc2ccccc2)c1. The van der Waals surface area contributed by atoms with Gasteiger partial charge in [-0.15, -0.1) is 0 Å². The highest BCUT2D eigenvalue weighted by atomic mass is 16.5. The second kappa shape index (κ2) is 7.65. The van der Waals surface area contributed by atoms with Gasteiger partial charge in [-0.1, -0.05) is 54.6 Å². The highest BCUT2D eigenvalue weighted by Crippen LogP contribution is 2.44. The maximum Gasteiger partial charge on any atom is 0.272 e. The third-order valence-corrected chi connectivity index (χ3v) is 5.58. The molecule has 2 N–H and O–H groups in total. The van der Waals surface area contributed by atoms with E-state index in [-0.39, 0.29) is 17.7 Å². The predicted octanol–water partition coefficient (Wildman–Crippen LogP) is 4.54. The standard InChI is InChI=1S/C25H21N3O3/c1-28-24(17-10-7-11-18(14-17)31-15-16-8-3-2-4-9-16)21-22(26-27-23(21)25(28)30)19-12-5-6-13-20(19)29/h2-14,24,29H,15H2,1H3,(H,26,27)/t24-/m1/s1. The Labute approximate surface area is 179 Å². The number of aromatic amines is 1. The molecule has 0 bridgehead atoms. The molecule has 0 aliphatic carbocycles. The number of nitrogens with zero attached hydrogens (tertiary/aromatic N) is 2. The van der Waals surface area contributed by atoms with E-state index in [0.29, 0.717) is 23.6 Å². The lowest BCUT2D eigenvalue weighted by atomic mass is 9.96. The fourth-order valence-electron chi connectivity index (χ4n) is 4.05. The molecule has 2 heterocycles. The molecule has 31 heavy (non-hydrogen) atoms. The fourth-order valence-corrected chi connectivity index (χ4v) is 4.05. The number of nitrogens with one attached hydrogen (secondary N) is 1. The maximum absolute atomic E-state index is 12.9. The molecule has 1 amide bonds. The van der Waals surface area contributed by atoms with Crippen molar-refractivity contribution in [3.05, 3.63) is 101 Å². The van der Waals surface area contributed by atoms with Crippen LogP contribution in [0, 0.1) is 0 Å². The summed E-state index contributed by atoms with van der Waals surface area (Å²) in [5.74, 6) is 0.713. The highest BCUT2D eigenvalue weighted by Gasteiger charge is 2.40. The van der Waals surface area contributed by atoms with Crippen LogP contribution in [0.5, 0.6) is 11.5 Å². The van der Waals surface area contributed by atoms with Gasteiger partial charge in [-0.25, -0.2) is 0 Å². The third kappa shape index (κ3) is 3.32. The van der Waals surface area contributed by atoms with Gasteiger partial charge < -0.3 is 14.7 Å². The van der Waals surface area contributed by atoms with Crippen molar-refractivity contribution in [2.75, 3.05) is 7.05 Å². The van der Waals surface area contributed by atoms with Gasteiger partial charge in [-0.05, 0) is 35.4 Å². The van der Waals surface area contributed by atoms with Crippen molar-refractivity contribution in [2.45, 2.75) is 12.6 Å². The summed E-state index contributed by atoms with van der Waals surface area (Å²) in [5.41, 5.74) is 4.37. The number of fused-ring (bicyclic) bond motifs is 1. The van der Waals surface area contributed by atoms with E-state index < -0.39 is 0 Å². The molecule has 0 unspecified atom stereocenters. The Morgan fingerprint density at radius 1 is 1.03 bits per heavy atom. The van der Waals surface area contributed by atoms with Gasteiger partial charge in [0.2, 0.25) is 0 Å². The number of hydrogen-bond donors (Lipinski definition) is 2. The molecule has 1 aliphatic heterocycles. The minimum atomic E-state index is -0.337. The zero-order chi connectivity index (χ0) is 21.4. The Hall–Kier alpha value is -4.06. The Morgan fingerprint density at radius 2 is 1.81 bits per heavy atom. The molecule has 4 aromatic rings. The zero-order valence-electron chi connectivity index (χ0n) is 16.9. The average Bonchev–Trinajstić information content (AvgIpc) is 3.32. The summed E-state index contributed by atoms with van der Waals surface area (Å²) in [6.07, 6.45) is 0. The number of para-hydroxylation sites is 1. The number of rotatable bonds is 5. The molecule has 6 nitrogen and oxygen atoms in total. The lowest BCUT2D eigenvalue weighted by Crippen LogP contribution is -2.24. The molecule has 1 atom stereocenters. The van der Waals surface area contributed by atoms with E-state index in [1.807, 2.05) is 60.7 Å². The van der Waals surface area contributed by atoms with Gasteiger partial charge in [0.05, 0.1) is 6.04 Å². The summed E-state index contributed by atoms with van der Waals surface area (Å²) in [6, 6.07) is 24.4. The van der Waals surface area contributed by atoms with Crippen molar-refractivity contribution in [1.82, 2.24) is 15.1 Å². The topological polar surface area (TPSA) is 78.5 Å². The van der Waals surface area contributed by atoms with E-state index in [9.17, 15) is 9.90 Å². The molecule has 0 radical (unpaired) electrons. The van der Waals surface area contributed by atoms with E-state index in [1.165, 1.54) is 0 Å². The van der Waals surface area contributed by atoms with Crippen LogP contribution < -0.4 is 4.74 Å². The first kappa shape index (κ1) is 18.9. The van der Waals surface area contributed by atoms with Crippen molar-refractivity contribution < 1.29 is 14.6 Å². The van der Waals surface area contributed by atoms with Gasteiger partial charge in [-0.2, -0.15) is 5.10 Å². The van der Waals surface area contributed by atoms with E-state index in [0.717, 1.165) is 22.4 Å². The summed E-state index contributed by atoms with van der Waals surface area (Å²) in [4.78, 5) is 14.5. The summed E-state index contributed by atoms with van der Waals surface area (Å²) < 4.78 is 5.99. The van der Waals surface area contributed by atoms with Crippen LogP contribution >= 0.6 is 0 Å². The zero-order valence-corrected chi connectivity index (χ0v) is 16.9. The molecular formula is C25H21N3O3. The molecule has 0 spiro atoms. The summed E-state index contributed by atoms with van der Waals surface area (Å²) in [6.45, 7) is 0.462. The molecule has 6 heteroatoms. The minimum Gasteiger partial charge on any atom is -0.507 e. The smallest absolute Gasteiger partial charge is 0.272 e. The number of H-pyrrole nitrogens is 1. The normalized spacial score (nSPS) is 15.2. The molecule has 0 saturated heterocycles. The maximum atomic E-state index is 12.9. The lowest BCUT2D eigenvalue weighted by Gasteiger charge is -2.22. The number of aromatic nitrogens is 2. The van der Waals surface area contributed by atoms with Crippen molar-refractivity contribution in [3.8, 4) is 22.8 Å². The van der Waals surface area contributed by atoms with Crippen LogP contribution in [-0.2, 0) is 6.61 Å². The first-order valence-corrected chi connectivity index (χ1v) is 10.0. The monoisotopic (exact) mass is 411 g/mol. The Balaban J connectivity index is 1.51. The first-order chi connectivity index (χ1) is 15.1. The number of ether oxygens (including phenoxy) is 1. The van der Waals surface area contributed by atoms with E-state index in [4.69, 9.17) is 4.74 Å². The number of hydrogen-bond acceptors (Lipinski definition) is 4. The molecule has 5 rings (SSSR count). The number of carbonyl (C=O) groups excluding carboxylic acids is 1. The predicted molar refractivity (Wildman–Crippen MR) is 117 cm³/mol. The Bertz CT molecular complexity index is 1250. The quantitative estimate of drug-likeness (QED) is 0.506. The molecule has 0 saturated carbocycles. The third-order valence-electron chi connectivity index (χ3n) is 5.58. The van der Waals surface area contributed by atoms with Crippen LogP contribution in [0.1, 0.15) is 33.2 Å². The minimum absolute atomic E-state index is 0.123. The second-order valence-electron chi connectivity index (χ2n) is 7.54. The van der Waals surface area contributed by atoms with E-state index in [1.54, 1.807) is 30.1 Å². The van der Waals surface area contributed by atoms with Gasteiger partial charge in [0.1, 0.15) is 29.5 Å². The van der Waals surface area contributed by atoms with E-state index >= 15 is 0 Å². The van der Waals surface area contributed by atoms with Crippen molar-refractivity contribution in [3.63, 3.8) is 0 Å². The molecule has 1 aliphatic rings. The molecule has 154 valence electrons. The number of aromatic hydroxyl groups is 1. The van der Waals surface area contributed by atoms with Crippen LogP contribution in [0.25, 0.3) is 11.3 Å².